The molecular weight excluding hydrogens is 284 g/mol. The molecule has 2 amide bonds. The number of urea groups is 1. The quantitative estimate of drug-likeness (QED) is 0.862. The van der Waals surface area contributed by atoms with Crippen molar-refractivity contribution in [3.63, 3.8) is 0 Å². The number of hydrogen-bond acceptors (Lipinski definition) is 3. The Kier molecular flexibility index (Phi) is 3.58. The number of aliphatic carboxylic acids is 1. The van der Waals surface area contributed by atoms with Gasteiger partial charge < -0.3 is 15.3 Å². The number of amides is 2. The van der Waals surface area contributed by atoms with Crippen LogP contribution in [0.1, 0.15) is 43.5 Å². The van der Waals surface area contributed by atoms with Crippen LogP contribution in [0.4, 0.5) is 4.79 Å². The fourth-order valence-electron chi connectivity index (χ4n) is 3.37. The molecule has 0 radical (unpaired) electrons. The molecular formula is C15H22N4O3. The summed E-state index contributed by atoms with van der Waals surface area (Å²) >= 11 is 0. The Bertz CT molecular complexity index is 612. The highest BCUT2D eigenvalue weighted by Gasteiger charge is 2.42. The Morgan fingerprint density at radius 3 is 2.95 bits per heavy atom. The van der Waals surface area contributed by atoms with Gasteiger partial charge in [0, 0.05) is 31.9 Å². The molecule has 1 aromatic rings. The zero-order valence-corrected chi connectivity index (χ0v) is 13.0. The number of likely N-dealkylation sites (tertiary alicyclic amines) is 1. The molecule has 2 atom stereocenters. The van der Waals surface area contributed by atoms with E-state index >= 15 is 0 Å². The maximum absolute atomic E-state index is 12.4. The molecule has 120 valence electrons. The van der Waals surface area contributed by atoms with Gasteiger partial charge in [0.15, 0.2) is 0 Å². The first-order chi connectivity index (χ1) is 10.4. The van der Waals surface area contributed by atoms with Crippen molar-refractivity contribution < 1.29 is 14.7 Å². The van der Waals surface area contributed by atoms with Gasteiger partial charge in [0.2, 0.25) is 0 Å². The van der Waals surface area contributed by atoms with Gasteiger partial charge in [0.05, 0.1) is 17.2 Å². The Morgan fingerprint density at radius 2 is 2.27 bits per heavy atom. The van der Waals surface area contributed by atoms with Crippen LogP contribution in [0.3, 0.4) is 0 Å². The zero-order chi connectivity index (χ0) is 15.9. The van der Waals surface area contributed by atoms with Crippen molar-refractivity contribution in [3.8, 4) is 0 Å². The number of nitrogens with zero attached hydrogens (tertiary/aromatic N) is 3. The molecule has 1 fully saturated rings. The SMILES string of the molecule is Cn1cc2c(n1)CCCC2NC(=O)N1CCC(C)(C(=O)O)C1. The topological polar surface area (TPSA) is 87.5 Å². The normalized spacial score (nSPS) is 27.5. The number of carbonyl (C=O) groups is 2. The van der Waals surface area contributed by atoms with Crippen molar-refractivity contribution in [1.29, 1.82) is 0 Å². The van der Waals surface area contributed by atoms with E-state index in [1.165, 1.54) is 0 Å². The molecule has 1 aromatic heterocycles. The minimum absolute atomic E-state index is 0.0263. The van der Waals surface area contributed by atoms with Crippen LogP contribution in [0.15, 0.2) is 6.20 Å². The van der Waals surface area contributed by atoms with Gasteiger partial charge in [0.1, 0.15) is 0 Å². The van der Waals surface area contributed by atoms with E-state index in [0.29, 0.717) is 13.0 Å². The minimum Gasteiger partial charge on any atom is -0.481 e. The molecule has 1 aliphatic heterocycles. The van der Waals surface area contributed by atoms with E-state index in [1.54, 1.807) is 16.5 Å². The monoisotopic (exact) mass is 306 g/mol. The molecule has 2 N–H and O–H groups in total. The highest BCUT2D eigenvalue weighted by atomic mass is 16.4. The number of carbonyl (C=O) groups excluding carboxylic acids is 1. The number of fused-ring (bicyclic) bond motifs is 1. The maximum Gasteiger partial charge on any atom is 0.317 e. The minimum atomic E-state index is -0.838. The van der Waals surface area contributed by atoms with Crippen LogP contribution in [0.5, 0.6) is 0 Å². The number of hydrogen-bond donors (Lipinski definition) is 2. The Morgan fingerprint density at radius 1 is 1.50 bits per heavy atom. The van der Waals surface area contributed by atoms with Gasteiger partial charge in [-0.25, -0.2) is 4.79 Å². The van der Waals surface area contributed by atoms with Crippen LogP contribution in [0.25, 0.3) is 0 Å². The average molecular weight is 306 g/mol. The van der Waals surface area contributed by atoms with Crippen LogP contribution >= 0.6 is 0 Å². The molecule has 22 heavy (non-hydrogen) atoms. The van der Waals surface area contributed by atoms with Crippen molar-refractivity contribution in [3.05, 3.63) is 17.5 Å². The van der Waals surface area contributed by atoms with E-state index in [-0.39, 0.29) is 18.6 Å². The van der Waals surface area contributed by atoms with Crippen molar-refractivity contribution in [2.75, 3.05) is 13.1 Å². The first kappa shape index (κ1) is 14.9. The van der Waals surface area contributed by atoms with E-state index in [4.69, 9.17) is 0 Å². The highest BCUT2D eigenvalue weighted by Crippen LogP contribution is 2.32. The van der Waals surface area contributed by atoms with E-state index in [9.17, 15) is 14.7 Å². The number of aromatic nitrogens is 2. The largest absolute Gasteiger partial charge is 0.481 e. The lowest BCUT2D eigenvalue weighted by atomic mass is 9.90. The van der Waals surface area contributed by atoms with E-state index < -0.39 is 11.4 Å². The van der Waals surface area contributed by atoms with Gasteiger partial charge in [-0.2, -0.15) is 5.10 Å². The third kappa shape index (κ3) is 2.55. The summed E-state index contributed by atoms with van der Waals surface area (Å²) in [5.41, 5.74) is 1.31. The summed E-state index contributed by atoms with van der Waals surface area (Å²) in [7, 11) is 1.88. The highest BCUT2D eigenvalue weighted by molar-refractivity contribution is 5.79. The second-order valence-corrected chi connectivity index (χ2v) is 6.64. The fourth-order valence-corrected chi connectivity index (χ4v) is 3.37. The molecule has 0 bridgehead atoms. The Balaban J connectivity index is 1.67. The summed E-state index contributed by atoms with van der Waals surface area (Å²) in [6, 6.07) is -0.201. The fraction of sp³-hybridized carbons (Fsp3) is 0.667. The van der Waals surface area contributed by atoms with Crippen LogP contribution in [-0.2, 0) is 18.3 Å². The first-order valence-electron chi connectivity index (χ1n) is 7.70. The second kappa shape index (κ2) is 5.30. The number of carboxylic acids is 1. The molecule has 2 heterocycles. The van der Waals surface area contributed by atoms with Crippen LogP contribution in [0, 0.1) is 5.41 Å². The molecule has 0 aromatic carbocycles. The van der Waals surface area contributed by atoms with E-state index in [2.05, 4.69) is 10.4 Å². The first-order valence-corrected chi connectivity index (χ1v) is 7.70. The van der Waals surface area contributed by atoms with Gasteiger partial charge in [-0.1, -0.05) is 0 Å². The van der Waals surface area contributed by atoms with Gasteiger partial charge in [-0.05, 0) is 32.6 Å². The molecule has 0 saturated carbocycles. The molecule has 0 spiro atoms. The predicted molar refractivity (Wildman–Crippen MR) is 79.4 cm³/mol. The van der Waals surface area contributed by atoms with Gasteiger partial charge in [-0.15, -0.1) is 0 Å². The van der Waals surface area contributed by atoms with E-state index in [1.807, 2.05) is 13.2 Å². The predicted octanol–water partition coefficient (Wildman–Crippen LogP) is 1.30. The Labute approximate surface area is 129 Å². The summed E-state index contributed by atoms with van der Waals surface area (Å²) in [6.07, 6.45) is 5.31. The molecule has 3 rings (SSSR count). The smallest absolute Gasteiger partial charge is 0.317 e. The van der Waals surface area contributed by atoms with Crippen LogP contribution < -0.4 is 5.32 Å². The number of rotatable bonds is 2. The van der Waals surface area contributed by atoms with Crippen molar-refractivity contribution in [1.82, 2.24) is 20.0 Å². The second-order valence-electron chi connectivity index (χ2n) is 6.64. The molecule has 2 aliphatic rings. The third-order valence-corrected chi connectivity index (χ3v) is 4.79. The number of aryl methyl sites for hydroxylation is 2. The summed E-state index contributed by atoms with van der Waals surface area (Å²) in [6.45, 7) is 2.45. The summed E-state index contributed by atoms with van der Waals surface area (Å²) in [4.78, 5) is 25.3. The van der Waals surface area contributed by atoms with E-state index in [0.717, 1.165) is 30.5 Å². The molecule has 7 nitrogen and oxygen atoms in total. The maximum atomic E-state index is 12.4. The lowest BCUT2D eigenvalue weighted by molar-refractivity contribution is -0.147. The molecule has 1 aliphatic carbocycles. The number of nitrogens with one attached hydrogen (secondary N) is 1. The summed E-state index contributed by atoms with van der Waals surface area (Å²) in [5.74, 6) is -0.838. The number of carboxylic acid groups (broad SMARTS) is 1. The standard InChI is InChI=1S/C15H22N4O3/c1-15(13(20)21)6-7-19(9-15)14(22)16-11-4-3-5-12-10(11)8-18(2)17-12/h8,11H,3-7,9H2,1-2H3,(H,16,22)(H,20,21). The van der Waals surface area contributed by atoms with Gasteiger partial charge >= 0.3 is 12.0 Å². The van der Waals surface area contributed by atoms with Crippen molar-refractivity contribution >= 4 is 12.0 Å². The lowest BCUT2D eigenvalue weighted by Gasteiger charge is -2.26. The molecule has 7 heteroatoms. The summed E-state index contributed by atoms with van der Waals surface area (Å²) in [5, 5.41) is 16.7. The van der Waals surface area contributed by atoms with Gasteiger partial charge in [0.25, 0.3) is 0 Å². The van der Waals surface area contributed by atoms with Crippen molar-refractivity contribution in [2.24, 2.45) is 12.5 Å². The average Bonchev–Trinajstić information content (AvgIpc) is 3.03. The third-order valence-electron chi connectivity index (χ3n) is 4.79. The zero-order valence-electron chi connectivity index (χ0n) is 13.0. The lowest BCUT2D eigenvalue weighted by Crippen LogP contribution is -2.42. The van der Waals surface area contributed by atoms with Crippen LogP contribution in [0.2, 0.25) is 0 Å². The summed E-state index contributed by atoms with van der Waals surface area (Å²) < 4.78 is 1.78. The Hall–Kier alpha value is -2.05. The van der Waals surface area contributed by atoms with Gasteiger partial charge in [-0.3, -0.25) is 9.48 Å². The van der Waals surface area contributed by atoms with Crippen molar-refractivity contribution in [2.45, 2.75) is 38.6 Å². The van der Waals surface area contributed by atoms with Crippen LogP contribution in [-0.4, -0.2) is 44.9 Å². The molecule has 1 saturated heterocycles. The molecule has 2 unspecified atom stereocenters.